The van der Waals surface area contributed by atoms with Crippen LogP contribution in [0.4, 0.5) is 0 Å². The molecular weight excluding hydrogens is 408 g/mol. The van der Waals surface area contributed by atoms with E-state index in [1.165, 1.54) is 60.1 Å². The Morgan fingerprint density at radius 2 is 0.941 bits per heavy atom. The Balaban J connectivity index is 1.69. The maximum atomic E-state index is 2.44. The van der Waals surface area contributed by atoms with E-state index in [1.54, 1.807) is 0 Å². The summed E-state index contributed by atoms with van der Waals surface area (Å²) in [6.45, 7) is 6.98. The first-order valence-electron chi connectivity index (χ1n) is 12.0. The molecule has 0 amide bonds. The van der Waals surface area contributed by atoms with Crippen molar-refractivity contribution in [2.45, 2.75) is 26.2 Å². The van der Waals surface area contributed by atoms with Gasteiger partial charge < -0.3 is 0 Å². The van der Waals surface area contributed by atoms with Crippen LogP contribution in [0.25, 0.3) is 54.6 Å². The fraction of sp³-hybridized carbons (Fsp3) is 0.118. The fourth-order valence-electron chi connectivity index (χ4n) is 5.22. The number of fused-ring (bicyclic) bond motifs is 3. The van der Waals surface area contributed by atoms with Gasteiger partial charge in [-0.3, -0.25) is 0 Å². The number of hydrogen-bond acceptors (Lipinski definition) is 0. The maximum absolute atomic E-state index is 2.44. The van der Waals surface area contributed by atoms with Crippen molar-refractivity contribution in [3.8, 4) is 22.3 Å². The lowest BCUT2D eigenvalue weighted by Crippen LogP contribution is -2.13. The van der Waals surface area contributed by atoms with E-state index < -0.39 is 0 Å². The molecule has 0 nitrogen and oxygen atoms in total. The van der Waals surface area contributed by atoms with Crippen molar-refractivity contribution in [1.29, 1.82) is 0 Å². The van der Waals surface area contributed by atoms with E-state index in [9.17, 15) is 0 Å². The van der Waals surface area contributed by atoms with Crippen LogP contribution in [0.1, 0.15) is 26.3 Å². The second-order valence-corrected chi connectivity index (χ2v) is 10.3. The van der Waals surface area contributed by atoms with E-state index in [0.29, 0.717) is 0 Å². The molecule has 0 aliphatic carbocycles. The zero-order valence-electron chi connectivity index (χ0n) is 20.0. The topological polar surface area (TPSA) is 0 Å². The van der Waals surface area contributed by atoms with Crippen molar-refractivity contribution in [3.63, 3.8) is 0 Å². The molecule has 0 aliphatic rings. The summed E-state index contributed by atoms with van der Waals surface area (Å²) >= 11 is 0. The lowest BCUT2D eigenvalue weighted by molar-refractivity contribution is 0.593. The van der Waals surface area contributed by atoms with Gasteiger partial charge in [0.15, 0.2) is 0 Å². The van der Waals surface area contributed by atoms with Gasteiger partial charge in [-0.05, 0) is 83.7 Å². The van der Waals surface area contributed by atoms with Crippen LogP contribution in [0.5, 0.6) is 0 Å². The summed E-state index contributed by atoms with van der Waals surface area (Å²) in [7, 11) is 0. The second kappa shape index (κ2) is 7.85. The summed E-state index contributed by atoms with van der Waals surface area (Å²) in [4.78, 5) is 0. The lowest BCUT2D eigenvalue weighted by atomic mass is 9.77. The molecule has 34 heavy (non-hydrogen) atoms. The first kappa shape index (κ1) is 20.7. The third kappa shape index (κ3) is 3.47. The van der Waals surface area contributed by atoms with Crippen molar-refractivity contribution in [3.05, 3.63) is 121 Å². The molecule has 0 unspecified atom stereocenters. The van der Waals surface area contributed by atoms with Gasteiger partial charge in [0.2, 0.25) is 0 Å². The summed E-state index contributed by atoms with van der Waals surface area (Å²) in [5.41, 5.74) is 6.57. The molecule has 0 saturated heterocycles. The molecule has 0 aliphatic heterocycles. The summed E-state index contributed by atoms with van der Waals surface area (Å²) < 4.78 is 0. The van der Waals surface area contributed by atoms with Gasteiger partial charge in [-0.2, -0.15) is 0 Å². The van der Waals surface area contributed by atoms with E-state index in [4.69, 9.17) is 0 Å². The normalized spacial score (nSPS) is 12.0. The molecule has 0 saturated carbocycles. The van der Waals surface area contributed by atoms with Crippen LogP contribution in [0, 0.1) is 0 Å². The average molecular weight is 437 g/mol. The first-order chi connectivity index (χ1) is 16.5. The third-order valence-electron chi connectivity index (χ3n) is 6.95. The molecule has 0 radical (unpaired) electrons. The summed E-state index contributed by atoms with van der Waals surface area (Å²) in [5.74, 6) is 0. The molecule has 0 spiro atoms. The standard InChI is InChI=1S/C34H28/c1-34(2,3)32-22-31(27-18-16-23-10-4-6-12-25(23)20-27)29-14-8-9-15-30(29)33(32)28-19-17-24-11-5-7-13-26(24)21-28/h4-22H,1-3H3. The fourth-order valence-corrected chi connectivity index (χ4v) is 5.22. The molecule has 164 valence electrons. The van der Waals surface area contributed by atoms with Gasteiger partial charge in [-0.15, -0.1) is 0 Å². The largest absolute Gasteiger partial charge is 0.0616 e. The molecular formula is C34H28. The highest BCUT2D eigenvalue weighted by molar-refractivity contribution is 6.08. The Morgan fingerprint density at radius 3 is 1.56 bits per heavy atom. The Bertz CT molecular complexity index is 1680. The van der Waals surface area contributed by atoms with E-state index in [2.05, 4.69) is 136 Å². The minimum atomic E-state index is -0.00336. The molecule has 0 aromatic heterocycles. The zero-order chi connectivity index (χ0) is 23.3. The highest BCUT2D eigenvalue weighted by Crippen LogP contribution is 2.44. The Kier molecular flexibility index (Phi) is 4.78. The zero-order valence-corrected chi connectivity index (χ0v) is 20.0. The molecule has 0 fully saturated rings. The van der Waals surface area contributed by atoms with Gasteiger partial charge in [-0.25, -0.2) is 0 Å². The average Bonchev–Trinajstić information content (AvgIpc) is 2.86. The van der Waals surface area contributed by atoms with Gasteiger partial charge in [-0.1, -0.05) is 118 Å². The maximum Gasteiger partial charge on any atom is -0.00673 e. The molecule has 6 aromatic carbocycles. The van der Waals surface area contributed by atoms with Crippen molar-refractivity contribution in [2.75, 3.05) is 0 Å². The SMILES string of the molecule is CC(C)(C)c1cc(-c2ccc3ccccc3c2)c2ccccc2c1-c1ccc2ccccc2c1. The highest BCUT2D eigenvalue weighted by Gasteiger charge is 2.23. The third-order valence-corrected chi connectivity index (χ3v) is 6.95. The Hall–Kier alpha value is -3.90. The van der Waals surface area contributed by atoms with Crippen molar-refractivity contribution >= 4 is 32.3 Å². The number of benzene rings is 6. The minimum Gasteiger partial charge on any atom is -0.0616 e. The molecule has 0 heterocycles. The number of rotatable bonds is 2. The lowest BCUT2D eigenvalue weighted by Gasteiger charge is -2.27. The highest BCUT2D eigenvalue weighted by atomic mass is 14.3. The van der Waals surface area contributed by atoms with Crippen molar-refractivity contribution < 1.29 is 0 Å². The predicted molar refractivity (Wildman–Crippen MR) is 149 cm³/mol. The molecule has 0 heteroatoms. The van der Waals surface area contributed by atoms with E-state index >= 15 is 0 Å². The molecule has 6 rings (SSSR count). The second-order valence-electron chi connectivity index (χ2n) is 10.3. The molecule has 0 bridgehead atoms. The minimum absolute atomic E-state index is 0.00336. The number of hydrogen-bond donors (Lipinski definition) is 0. The van der Waals surface area contributed by atoms with Crippen LogP contribution < -0.4 is 0 Å². The van der Waals surface area contributed by atoms with Gasteiger partial charge in [0.1, 0.15) is 0 Å². The molecule has 6 aromatic rings. The quantitative estimate of drug-likeness (QED) is 0.253. The van der Waals surface area contributed by atoms with Crippen LogP contribution in [0.2, 0.25) is 0 Å². The summed E-state index contributed by atoms with van der Waals surface area (Å²) in [6.07, 6.45) is 0. The van der Waals surface area contributed by atoms with E-state index in [1.807, 2.05) is 0 Å². The summed E-state index contributed by atoms with van der Waals surface area (Å²) in [6, 6.07) is 42.3. The molecule has 0 atom stereocenters. The van der Waals surface area contributed by atoms with Gasteiger partial charge in [0.05, 0.1) is 0 Å². The van der Waals surface area contributed by atoms with Crippen LogP contribution in [0.15, 0.2) is 115 Å². The van der Waals surface area contributed by atoms with Crippen molar-refractivity contribution in [1.82, 2.24) is 0 Å². The monoisotopic (exact) mass is 436 g/mol. The summed E-state index contributed by atoms with van der Waals surface area (Å²) in [5, 5.41) is 7.73. The molecule has 0 N–H and O–H groups in total. The van der Waals surface area contributed by atoms with E-state index in [0.717, 1.165) is 0 Å². The smallest absolute Gasteiger partial charge is 0.00673 e. The van der Waals surface area contributed by atoms with Crippen LogP contribution in [-0.2, 0) is 5.41 Å². The predicted octanol–water partition coefficient (Wildman–Crippen LogP) is 9.78. The van der Waals surface area contributed by atoms with Crippen LogP contribution in [0.3, 0.4) is 0 Å². The Morgan fingerprint density at radius 1 is 0.441 bits per heavy atom. The first-order valence-corrected chi connectivity index (χ1v) is 12.0. The van der Waals surface area contributed by atoms with E-state index in [-0.39, 0.29) is 5.41 Å². The van der Waals surface area contributed by atoms with Crippen LogP contribution >= 0.6 is 0 Å². The van der Waals surface area contributed by atoms with Gasteiger partial charge in [0.25, 0.3) is 0 Å². The Labute approximate surface area is 201 Å². The van der Waals surface area contributed by atoms with Crippen molar-refractivity contribution in [2.24, 2.45) is 0 Å². The van der Waals surface area contributed by atoms with Gasteiger partial charge >= 0.3 is 0 Å². The van der Waals surface area contributed by atoms with Gasteiger partial charge in [0, 0.05) is 0 Å². The van der Waals surface area contributed by atoms with Crippen LogP contribution in [-0.4, -0.2) is 0 Å².